The molecule has 0 spiro atoms. The highest BCUT2D eigenvalue weighted by atomic mass is 79.9. The average Bonchev–Trinajstić information content (AvgIpc) is 2.87. The van der Waals surface area contributed by atoms with Crippen molar-refractivity contribution in [2.24, 2.45) is 0 Å². The Labute approximate surface area is 146 Å². The van der Waals surface area contributed by atoms with Crippen LogP contribution in [0.15, 0.2) is 14.3 Å². The van der Waals surface area contributed by atoms with Crippen LogP contribution < -0.4 is 0 Å². The van der Waals surface area contributed by atoms with E-state index in [9.17, 15) is 4.79 Å². The summed E-state index contributed by atoms with van der Waals surface area (Å²) < 4.78 is 1.97. The maximum atomic E-state index is 12.5. The van der Waals surface area contributed by atoms with Crippen LogP contribution in [0.3, 0.4) is 0 Å². The first kappa shape index (κ1) is 16.0. The zero-order valence-corrected chi connectivity index (χ0v) is 16.0. The van der Waals surface area contributed by atoms with Crippen LogP contribution in [-0.4, -0.2) is 47.9 Å². The monoisotopic (exact) mass is 434 g/mol. The number of hydrogen-bond donors (Lipinski definition) is 0. The van der Waals surface area contributed by atoms with Gasteiger partial charge in [-0.25, -0.2) is 0 Å². The van der Waals surface area contributed by atoms with Crippen molar-refractivity contribution in [3.05, 3.63) is 19.2 Å². The average molecular weight is 436 g/mol. The van der Waals surface area contributed by atoms with Crippen molar-refractivity contribution < 1.29 is 4.79 Å². The van der Waals surface area contributed by atoms with Gasteiger partial charge < -0.3 is 9.80 Å². The lowest BCUT2D eigenvalue weighted by Crippen LogP contribution is -2.48. The van der Waals surface area contributed by atoms with Gasteiger partial charge in [0.2, 0.25) is 0 Å². The van der Waals surface area contributed by atoms with E-state index >= 15 is 0 Å². The third-order valence-corrected chi connectivity index (χ3v) is 7.76. The Morgan fingerprint density at radius 1 is 1.10 bits per heavy atom. The van der Waals surface area contributed by atoms with Gasteiger partial charge in [-0.05, 0) is 76.7 Å². The summed E-state index contributed by atoms with van der Waals surface area (Å²) in [4.78, 5) is 18.0. The van der Waals surface area contributed by atoms with Gasteiger partial charge in [0, 0.05) is 23.6 Å². The molecule has 6 heteroatoms. The molecule has 0 aliphatic carbocycles. The maximum absolute atomic E-state index is 12.5. The van der Waals surface area contributed by atoms with Gasteiger partial charge in [-0.3, -0.25) is 4.79 Å². The van der Waals surface area contributed by atoms with Gasteiger partial charge in [0.05, 0.1) is 8.66 Å². The van der Waals surface area contributed by atoms with Gasteiger partial charge in [-0.15, -0.1) is 11.3 Å². The third-order valence-electron chi connectivity index (χ3n) is 4.51. The summed E-state index contributed by atoms with van der Waals surface area (Å²) in [5, 5.41) is 0. The minimum absolute atomic E-state index is 0.184. The highest BCUT2D eigenvalue weighted by molar-refractivity contribution is 9.13. The normalized spacial score (nSPS) is 21.7. The van der Waals surface area contributed by atoms with Gasteiger partial charge >= 0.3 is 0 Å². The van der Waals surface area contributed by atoms with Crippen molar-refractivity contribution in [2.45, 2.75) is 38.1 Å². The number of thiophene rings is 1. The Morgan fingerprint density at radius 2 is 1.76 bits per heavy atom. The summed E-state index contributed by atoms with van der Waals surface area (Å²) in [7, 11) is 0. The molecule has 2 aliphatic rings. The number of carbonyl (C=O) groups is 1. The quantitative estimate of drug-likeness (QED) is 0.688. The SMILES string of the molecule is O=C(c1cc(Br)c(Br)s1)N1CCC(N2CCCCC2)CC1. The van der Waals surface area contributed by atoms with E-state index in [0.29, 0.717) is 6.04 Å². The predicted octanol–water partition coefficient (Wildman–Crippen LogP) is 4.36. The molecule has 1 amide bonds. The summed E-state index contributed by atoms with van der Waals surface area (Å²) in [5.74, 6) is 0.184. The Kier molecular flexibility index (Phi) is 5.41. The number of likely N-dealkylation sites (tertiary alicyclic amines) is 2. The molecule has 116 valence electrons. The van der Waals surface area contributed by atoms with Crippen molar-refractivity contribution in [3.63, 3.8) is 0 Å². The van der Waals surface area contributed by atoms with Crippen LogP contribution in [0.2, 0.25) is 0 Å². The standard InChI is InChI=1S/C15H20Br2N2OS/c16-12-10-13(21-14(12)17)15(20)19-8-4-11(5-9-19)18-6-2-1-3-7-18/h10-11H,1-9H2. The van der Waals surface area contributed by atoms with Crippen LogP contribution in [0, 0.1) is 0 Å². The molecule has 3 heterocycles. The molecule has 3 nitrogen and oxygen atoms in total. The molecule has 1 aromatic heterocycles. The van der Waals surface area contributed by atoms with Crippen LogP contribution in [0.25, 0.3) is 0 Å². The minimum atomic E-state index is 0.184. The van der Waals surface area contributed by atoms with E-state index in [-0.39, 0.29) is 5.91 Å². The maximum Gasteiger partial charge on any atom is 0.264 e. The van der Waals surface area contributed by atoms with Crippen molar-refractivity contribution in [3.8, 4) is 0 Å². The lowest BCUT2D eigenvalue weighted by atomic mass is 10.00. The van der Waals surface area contributed by atoms with E-state index in [1.807, 2.05) is 11.0 Å². The summed E-state index contributed by atoms with van der Waals surface area (Å²) in [6.45, 7) is 4.30. The van der Waals surface area contributed by atoms with E-state index in [1.54, 1.807) is 0 Å². The summed E-state index contributed by atoms with van der Waals surface area (Å²) in [5.41, 5.74) is 0. The molecule has 2 aliphatic heterocycles. The van der Waals surface area contributed by atoms with Gasteiger partial charge in [0.1, 0.15) is 0 Å². The molecule has 0 bridgehead atoms. The molecule has 0 atom stereocenters. The summed E-state index contributed by atoms with van der Waals surface area (Å²) in [6.07, 6.45) is 6.32. The van der Waals surface area contributed by atoms with E-state index in [1.165, 1.54) is 43.7 Å². The Morgan fingerprint density at radius 3 is 2.33 bits per heavy atom. The van der Waals surface area contributed by atoms with Crippen LogP contribution in [0.5, 0.6) is 0 Å². The van der Waals surface area contributed by atoms with Gasteiger partial charge in [-0.1, -0.05) is 6.42 Å². The number of carbonyl (C=O) groups excluding carboxylic acids is 1. The van der Waals surface area contributed by atoms with Crippen molar-refractivity contribution >= 4 is 49.1 Å². The number of amides is 1. The topological polar surface area (TPSA) is 23.6 Å². The second-order valence-electron chi connectivity index (χ2n) is 5.85. The fourth-order valence-electron chi connectivity index (χ4n) is 3.33. The molecule has 0 saturated carbocycles. The lowest BCUT2D eigenvalue weighted by Gasteiger charge is -2.40. The van der Waals surface area contributed by atoms with E-state index in [2.05, 4.69) is 36.8 Å². The zero-order chi connectivity index (χ0) is 14.8. The van der Waals surface area contributed by atoms with Crippen LogP contribution >= 0.6 is 43.2 Å². The molecule has 0 radical (unpaired) electrons. The molecule has 2 saturated heterocycles. The molecule has 0 unspecified atom stereocenters. The zero-order valence-electron chi connectivity index (χ0n) is 12.0. The largest absolute Gasteiger partial charge is 0.338 e. The van der Waals surface area contributed by atoms with E-state index < -0.39 is 0 Å². The number of nitrogens with zero attached hydrogens (tertiary/aromatic N) is 2. The third kappa shape index (κ3) is 3.71. The molecular weight excluding hydrogens is 416 g/mol. The number of hydrogen-bond acceptors (Lipinski definition) is 3. The molecule has 1 aromatic rings. The molecule has 0 aromatic carbocycles. The molecule has 2 fully saturated rings. The number of rotatable bonds is 2. The summed E-state index contributed by atoms with van der Waals surface area (Å²) in [6, 6.07) is 2.62. The van der Waals surface area contributed by atoms with E-state index in [0.717, 1.165) is 39.1 Å². The van der Waals surface area contributed by atoms with Crippen LogP contribution in [0.1, 0.15) is 41.8 Å². The first-order chi connectivity index (χ1) is 10.1. The van der Waals surface area contributed by atoms with Gasteiger partial charge in [0.25, 0.3) is 5.91 Å². The molecule has 3 rings (SSSR count). The highest BCUT2D eigenvalue weighted by Crippen LogP contribution is 2.33. The Balaban J connectivity index is 1.56. The highest BCUT2D eigenvalue weighted by Gasteiger charge is 2.28. The lowest BCUT2D eigenvalue weighted by molar-refractivity contribution is 0.0594. The first-order valence-corrected chi connectivity index (χ1v) is 10.0. The Hall–Kier alpha value is 0.0900. The molecule has 0 N–H and O–H groups in total. The van der Waals surface area contributed by atoms with Crippen LogP contribution in [0.4, 0.5) is 0 Å². The smallest absolute Gasteiger partial charge is 0.264 e. The van der Waals surface area contributed by atoms with Crippen molar-refractivity contribution in [1.29, 1.82) is 0 Å². The molecular formula is C15H20Br2N2OS. The van der Waals surface area contributed by atoms with Gasteiger partial charge in [0.15, 0.2) is 0 Å². The van der Waals surface area contributed by atoms with E-state index in [4.69, 9.17) is 0 Å². The predicted molar refractivity (Wildman–Crippen MR) is 94.1 cm³/mol. The number of piperidine rings is 2. The van der Waals surface area contributed by atoms with Crippen molar-refractivity contribution in [1.82, 2.24) is 9.80 Å². The second-order valence-corrected chi connectivity index (χ2v) is 9.08. The number of halogens is 2. The second kappa shape index (κ2) is 7.11. The fraction of sp³-hybridized carbons (Fsp3) is 0.667. The minimum Gasteiger partial charge on any atom is -0.338 e. The van der Waals surface area contributed by atoms with Gasteiger partial charge in [-0.2, -0.15) is 0 Å². The first-order valence-electron chi connectivity index (χ1n) is 7.63. The van der Waals surface area contributed by atoms with Crippen LogP contribution in [-0.2, 0) is 0 Å². The van der Waals surface area contributed by atoms with Crippen molar-refractivity contribution in [2.75, 3.05) is 26.2 Å². The Bertz CT molecular complexity index is 486. The summed E-state index contributed by atoms with van der Waals surface area (Å²) >= 11 is 8.43. The fourth-order valence-corrected chi connectivity index (χ4v) is 5.33. The molecule has 21 heavy (non-hydrogen) atoms.